The van der Waals surface area contributed by atoms with Gasteiger partial charge in [0.1, 0.15) is 0 Å². The summed E-state index contributed by atoms with van der Waals surface area (Å²) in [5.74, 6) is -0.409. The minimum Gasteiger partial charge on any atom is -0.475 e. The summed E-state index contributed by atoms with van der Waals surface area (Å²) >= 11 is 8.14. The summed E-state index contributed by atoms with van der Waals surface area (Å²) in [4.78, 5) is 25.6. The predicted molar refractivity (Wildman–Crippen MR) is 140 cm³/mol. The molecule has 180 valence electrons. The fourth-order valence-corrected chi connectivity index (χ4v) is 4.15. The lowest BCUT2D eigenvalue weighted by molar-refractivity contribution is 0.0939. The van der Waals surface area contributed by atoms with Crippen LogP contribution in [0.4, 0.5) is 4.39 Å². The molecule has 0 radical (unpaired) electrons. The van der Waals surface area contributed by atoms with E-state index in [1.807, 2.05) is 25.1 Å². The number of hydrogen-bond donors (Lipinski definition) is 1. The molecular weight excluding hydrogens is 570 g/mol. The van der Waals surface area contributed by atoms with Gasteiger partial charge in [0.15, 0.2) is 11.6 Å². The van der Waals surface area contributed by atoms with Crippen LogP contribution in [0.2, 0.25) is 5.02 Å². The normalized spacial score (nSPS) is 11.8. The van der Waals surface area contributed by atoms with Crippen molar-refractivity contribution < 1.29 is 13.9 Å². The molecule has 0 aliphatic heterocycles. The molecule has 2 aromatic heterocycles. The predicted octanol–water partition coefficient (Wildman–Crippen LogP) is 6.06. The molecule has 1 N–H and O–H groups in total. The first-order valence-corrected chi connectivity index (χ1v) is 13.0. The molecule has 0 saturated carbocycles. The Labute approximate surface area is 217 Å². The first-order chi connectivity index (χ1) is 16.5. The zero-order chi connectivity index (χ0) is 24.3. The second kappa shape index (κ2) is 13.5. The van der Waals surface area contributed by atoms with E-state index in [-0.39, 0.29) is 29.3 Å². The maximum Gasteiger partial charge on any atom is 0.252 e. The van der Waals surface area contributed by atoms with Gasteiger partial charge in [-0.15, -0.1) is 0 Å². The molecule has 34 heavy (non-hydrogen) atoms. The number of amides is 1. The van der Waals surface area contributed by atoms with Crippen molar-refractivity contribution in [2.45, 2.75) is 32.6 Å². The molecule has 1 unspecified atom stereocenters. The number of pyridine rings is 1. The lowest BCUT2D eigenvalue weighted by atomic mass is 10.0. The zero-order valence-corrected chi connectivity index (χ0v) is 21.9. The summed E-state index contributed by atoms with van der Waals surface area (Å²) in [6.07, 6.45) is 8.72. The van der Waals surface area contributed by atoms with Gasteiger partial charge in [-0.1, -0.05) is 64.7 Å². The van der Waals surface area contributed by atoms with Gasteiger partial charge in [0.05, 0.1) is 17.2 Å². The Morgan fingerprint density at radius 1 is 1.18 bits per heavy atom. The topological polar surface area (TPSA) is 77.0 Å². The van der Waals surface area contributed by atoms with Crippen molar-refractivity contribution in [1.29, 1.82) is 0 Å². The van der Waals surface area contributed by atoms with Crippen molar-refractivity contribution >= 4 is 40.1 Å². The lowest BCUT2D eigenvalue weighted by Crippen LogP contribution is -2.32. The van der Waals surface area contributed by atoms with Gasteiger partial charge >= 0.3 is 0 Å². The first-order valence-electron chi connectivity index (χ1n) is 11.1. The molecule has 2 heterocycles. The summed E-state index contributed by atoms with van der Waals surface area (Å²) in [5, 5.41) is 3.24. The Balaban J connectivity index is 1.69. The number of rotatable bonds is 12. The number of alkyl halides is 1. The van der Waals surface area contributed by atoms with E-state index >= 15 is 0 Å². The van der Waals surface area contributed by atoms with Gasteiger partial charge in [0.25, 0.3) is 5.91 Å². The number of aromatic nitrogens is 3. The second-order valence-corrected chi connectivity index (χ2v) is 9.50. The van der Waals surface area contributed by atoms with Crippen LogP contribution in [0.1, 0.15) is 41.6 Å². The molecule has 0 saturated heterocycles. The minimum absolute atomic E-state index is 0.00345. The molecule has 3 rings (SSSR count). The fourth-order valence-electron chi connectivity index (χ4n) is 3.47. The van der Waals surface area contributed by atoms with Crippen LogP contribution in [-0.4, -0.2) is 38.4 Å². The highest BCUT2D eigenvalue weighted by molar-refractivity contribution is 14.1. The van der Waals surface area contributed by atoms with Crippen LogP contribution >= 0.6 is 34.2 Å². The van der Waals surface area contributed by atoms with Crippen molar-refractivity contribution in [3.8, 4) is 17.3 Å². The van der Waals surface area contributed by atoms with Gasteiger partial charge in [-0.3, -0.25) is 4.79 Å². The third-order valence-electron chi connectivity index (χ3n) is 5.25. The minimum atomic E-state index is -0.604. The number of carbonyl (C=O) groups is 1. The third-order valence-corrected chi connectivity index (χ3v) is 6.22. The SMILES string of the molecule is Cc1ccc(-c2ncccn2)c(C(=O)NCC(CCCCCI)COc2ncc(Cl)cc2F)c1. The molecule has 9 heteroatoms. The Kier molecular flexibility index (Phi) is 10.5. The Bertz CT molecular complexity index is 1090. The number of halogens is 3. The molecule has 3 aromatic rings. The fraction of sp³-hybridized carbons (Fsp3) is 0.360. The molecule has 1 atom stereocenters. The standard InChI is InChI=1S/C25H27ClFIN4O2/c1-17-7-8-20(23-29-10-5-11-30-23)21(12-17)24(33)31-14-18(6-3-2-4-9-28)16-34-25-22(27)13-19(26)15-32-25/h5,7-8,10-13,15,18H,2-4,6,9,14,16H2,1H3,(H,31,33). The summed E-state index contributed by atoms with van der Waals surface area (Å²) < 4.78 is 20.8. The van der Waals surface area contributed by atoms with Crippen molar-refractivity contribution in [2.24, 2.45) is 5.92 Å². The highest BCUT2D eigenvalue weighted by atomic mass is 127. The largest absolute Gasteiger partial charge is 0.475 e. The summed E-state index contributed by atoms with van der Waals surface area (Å²) in [6.45, 7) is 2.56. The maximum absolute atomic E-state index is 14.1. The van der Waals surface area contributed by atoms with E-state index in [0.717, 1.165) is 35.7 Å². The molecule has 0 bridgehead atoms. The van der Waals surface area contributed by atoms with Gasteiger partial charge in [0.2, 0.25) is 5.88 Å². The summed E-state index contributed by atoms with van der Waals surface area (Å²) in [6, 6.07) is 8.53. The molecule has 0 aliphatic carbocycles. The van der Waals surface area contributed by atoms with E-state index < -0.39 is 5.82 Å². The highest BCUT2D eigenvalue weighted by Crippen LogP contribution is 2.22. The Morgan fingerprint density at radius 3 is 2.71 bits per heavy atom. The van der Waals surface area contributed by atoms with Crippen LogP contribution in [0.3, 0.4) is 0 Å². The van der Waals surface area contributed by atoms with Crippen molar-refractivity contribution in [3.63, 3.8) is 0 Å². The van der Waals surface area contributed by atoms with Gasteiger partial charge in [-0.25, -0.2) is 19.3 Å². The van der Waals surface area contributed by atoms with Gasteiger partial charge in [-0.05, 0) is 42.4 Å². The van der Waals surface area contributed by atoms with Crippen LogP contribution in [0, 0.1) is 18.7 Å². The lowest BCUT2D eigenvalue weighted by Gasteiger charge is -2.19. The Hall–Kier alpha value is -2.33. The van der Waals surface area contributed by atoms with Crippen LogP contribution in [0.15, 0.2) is 48.9 Å². The molecule has 1 amide bonds. The average Bonchev–Trinajstić information content (AvgIpc) is 2.84. The number of ether oxygens (including phenoxy) is 1. The number of aryl methyl sites for hydroxylation is 1. The van der Waals surface area contributed by atoms with E-state index in [2.05, 4.69) is 42.9 Å². The molecule has 0 fully saturated rings. The number of benzene rings is 1. The number of hydrogen-bond acceptors (Lipinski definition) is 5. The van der Waals surface area contributed by atoms with Crippen molar-refractivity contribution in [1.82, 2.24) is 20.3 Å². The first kappa shape index (κ1) is 26.3. The van der Waals surface area contributed by atoms with E-state index in [1.54, 1.807) is 18.5 Å². The van der Waals surface area contributed by atoms with Crippen LogP contribution in [0.5, 0.6) is 5.88 Å². The third kappa shape index (κ3) is 7.87. The van der Waals surface area contributed by atoms with E-state index in [1.165, 1.54) is 12.3 Å². The van der Waals surface area contributed by atoms with Gasteiger partial charge in [0, 0.05) is 36.6 Å². The second-order valence-electron chi connectivity index (χ2n) is 7.99. The number of nitrogens with zero attached hydrogens (tertiary/aromatic N) is 3. The number of unbranched alkanes of at least 4 members (excludes halogenated alkanes) is 2. The van der Waals surface area contributed by atoms with E-state index in [9.17, 15) is 9.18 Å². The van der Waals surface area contributed by atoms with Crippen molar-refractivity contribution in [2.75, 3.05) is 17.6 Å². The molecule has 0 aliphatic rings. The highest BCUT2D eigenvalue weighted by Gasteiger charge is 2.18. The van der Waals surface area contributed by atoms with Gasteiger partial charge in [-0.2, -0.15) is 0 Å². The monoisotopic (exact) mass is 596 g/mol. The van der Waals surface area contributed by atoms with E-state index in [0.29, 0.717) is 23.5 Å². The van der Waals surface area contributed by atoms with Crippen LogP contribution in [0.25, 0.3) is 11.4 Å². The average molecular weight is 597 g/mol. The van der Waals surface area contributed by atoms with Crippen LogP contribution < -0.4 is 10.1 Å². The maximum atomic E-state index is 14.1. The van der Waals surface area contributed by atoms with Crippen molar-refractivity contribution in [3.05, 3.63) is 70.9 Å². The zero-order valence-electron chi connectivity index (χ0n) is 18.9. The quantitative estimate of drug-likeness (QED) is 0.156. The summed E-state index contributed by atoms with van der Waals surface area (Å²) in [7, 11) is 0. The number of nitrogens with one attached hydrogen (secondary N) is 1. The number of carbonyl (C=O) groups excluding carboxylic acids is 1. The molecule has 0 spiro atoms. The molecule has 1 aromatic carbocycles. The molecular formula is C25H27ClFIN4O2. The van der Waals surface area contributed by atoms with Gasteiger partial charge < -0.3 is 10.1 Å². The smallest absolute Gasteiger partial charge is 0.252 e. The molecule has 6 nitrogen and oxygen atoms in total. The summed E-state index contributed by atoms with van der Waals surface area (Å²) in [5.41, 5.74) is 2.15. The van der Waals surface area contributed by atoms with Crippen LogP contribution in [-0.2, 0) is 0 Å². The Morgan fingerprint density at radius 2 is 1.97 bits per heavy atom. The van der Waals surface area contributed by atoms with E-state index in [4.69, 9.17) is 16.3 Å².